The third-order valence-electron chi connectivity index (χ3n) is 6.57. The summed E-state index contributed by atoms with van der Waals surface area (Å²) in [5.41, 5.74) is 13.8. The van der Waals surface area contributed by atoms with Crippen molar-refractivity contribution in [3.05, 3.63) is 64.6 Å². The minimum Gasteiger partial charge on any atom is -0.357 e. The number of benzene rings is 1. The first kappa shape index (κ1) is 19.3. The van der Waals surface area contributed by atoms with Gasteiger partial charge in [0.25, 0.3) is 0 Å². The maximum atomic E-state index is 13.2. The third kappa shape index (κ3) is 3.28. The lowest BCUT2D eigenvalue weighted by molar-refractivity contribution is 0.194. The Morgan fingerprint density at radius 3 is 2.54 bits per heavy atom. The highest BCUT2D eigenvalue weighted by atomic mass is 19.1. The summed E-state index contributed by atoms with van der Waals surface area (Å²) in [6.07, 6.45) is 6.15. The predicted molar refractivity (Wildman–Crippen MR) is 115 cm³/mol. The van der Waals surface area contributed by atoms with E-state index in [1.54, 1.807) is 0 Å². The van der Waals surface area contributed by atoms with Crippen molar-refractivity contribution < 1.29 is 4.39 Å². The number of anilines is 1. The number of nitrogens with two attached hydrogens (primary N) is 1. The van der Waals surface area contributed by atoms with Gasteiger partial charge in [-0.25, -0.2) is 0 Å². The van der Waals surface area contributed by atoms with E-state index in [-0.39, 0.29) is 12.6 Å². The van der Waals surface area contributed by atoms with Crippen LogP contribution >= 0.6 is 0 Å². The van der Waals surface area contributed by atoms with E-state index in [1.165, 1.54) is 40.2 Å². The summed E-state index contributed by atoms with van der Waals surface area (Å²) in [6.45, 7) is 8.99. The normalized spacial score (nSPS) is 21.0. The van der Waals surface area contributed by atoms with Crippen LogP contribution in [0.25, 0.3) is 0 Å². The van der Waals surface area contributed by atoms with Gasteiger partial charge in [-0.3, -0.25) is 9.29 Å². The van der Waals surface area contributed by atoms with Crippen LogP contribution in [0.15, 0.2) is 59.1 Å². The highest BCUT2D eigenvalue weighted by Gasteiger charge is 2.36. The van der Waals surface area contributed by atoms with Gasteiger partial charge in [-0.05, 0) is 86.3 Å². The lowest BCUT2D eigenvalue weighted by Crippen LogP contribution is -2.43. The lowest BCUT2D eigenvalue weighted by atomic mass is 9.91. The molecule has 3 nitrogen and oxygen atoms in total. The summed E-state index contributed by atoms with van der Waals surface area (Å²) >= 11 is 0. The molecule has 4 rings (SSSR count). The number of piperidine rings is 1. The van der Waals surface area contributed by atoms with Crippen LogP contribution in [-0.2, 0) is 0 Å². The monoisotopic (exact) mass is 381 g/mol. The summed E-state index contributed by atoms with van der Waals surface area (Å²) in [7, 11) is 0. The number of halogens is 1. The molecule has 28 heavy (non-hydrogen) atoms. The Labute approximate surface area is 168 Å². The van der Waals surface area contributed by atoms with Crippen LogP contribution in [0.4, 0.5) is 10.1 Å². The topological polar surface area (TPSA) is 32.5 Å². The summed E-state index contributed by atoms with van der Waals surface area (Å²) in [6, 6.07) is 8.54. The second kappa shape index (κ2) is 8.12. The van der Waals surface area contributed by atoms with Gasteiger partial charge < -0.3 is 10.6 Å². The molecule has 1 saturated carbocycles. The summed E-state index contributed by atoms with van der Waals surface area (Å²) < 4.78 is 13.2. The molecule has 0 spiro atoms. The third-order valence-corrected chi connectivity index (χ3v) is 6.57. The molecule has 1 aromatic rings. The molecule has 3 aliphatic rings. The van der Waals surface area contributed by atoms with Crippen LogP contribution < -0.4 is 10.6 Å². The van der Waals surface area contributed by atoms with Gasteiger partial charge in [0, 0.05) is 18.8 Å². The van der Waals surface area contributed by atoms with E-state index in [1.807, 2.05) is 0 Å². The molecule has 0 unspecified atom stereocenters. The van der Waals surface area contributed by atoms with Crippen LogP contribution in [0.3, 0.4) is 0 Å². The standard InChI is InChI=1S/C24H32FN3/c1-17-6-3-4-9-23(17)28-18(2)20(10-13-26)21-7-5-8-22(21)24(28)27-14-11-19(16-25)12-15-27/h3-4,6,9,19H,2,5,7-8,10-16,26H2,1H3. The van der Waals surface area contributed by atoms with E-state index in [2.05, 4.69) is 47.6 Å². The minimum atomic E-state index is -0.195. The van der Waals surface area contributed by atoms with Crippen LogP contribution in [0, 0.1) is 12.8 Å². The number of alkyl halides is 1. The zero-order valence-corrected chi connectivity index (χ0v) is 17.0. The fourth-order valence-electron chi connectivity index (χ4n) is 5.04. The molecule has 2 N–H and O–H groups in total. The summed E-state index contributed by atoms with van der Waals surface area (Å²) in [5.74, 6) is 1.51. The first-order valence-corrected chi connectivity index (χ1v) is 10.7. The highest BCUT2D eigenvalue weighted by Crippen LogP contribution is 2.47. The van der Waals surface area contributed by atoms with Gasteiger partial charge in [-0.1, -0.05) is 24.8 Å². The number of likely N-dealkylation sites (tertiary alicyclic amines) is 1. The van der Waals surface area contributed by atoms with E-state index in [4.69, 9.17) is 5.73 Å². The molecule has 2 heterocycles. The maximum Gasteiger partial charge on any atom is 0.117 e. The fourth-order valence-corrected chi connectivity index (χ4v) is 5.04. The van der Waals surface area contributed by atoms with Gasteiger partial charge in [0.15, 0.2) is 0 Å². The van der Waals surface area contributed by atoms with Crippen molar-refractivity contribution in [2.24, 2.45) is 11.7 Å². The Balaban J connectivity index is 1.83. The largest absolute Gasteiger partial charge is 0.357 e. The number of para-hydroxylation sites is 1. The Morgan fingerprint density at radius 1 is 1.14 bits per heavy atom. The van der Waals surface area contributed by atoms with E-state index in [9.17, 15) is 4.39 Å². The van der Waals surface area contributed by atoms with E-state index >= 15 is 0 Å². The molecule has 150 valence electrons. The second-order valence-electron chi connectivity index (χ2n) is 8.30. The number of allylic oxidation sites excluding steroid dienone is 3. The summed E-state index contributed by atoms with van der Waals surface area (Å²) in [5, 5.41) is 0. The Morgan fingerprint density at radius 2 is 1.86 bits per heavy atom. The first-order valence-electron chi connectivity index (χ1n) is 10.7. The summed E-state index contributed by atoms with van der Waals surface area (Å²) in [4.78, 5) is 4.86. The van der Waals surface area contributed by atoms with Crippen molar-refractivity contribution in [3.63, 3.8) is 0 Å². The molecule has 0 amide bonds. The predicted octanol–water partition coefficient (Wildman–Crippen LogP) is 5.05. The average Bonchev–Trinajstić information content (AvgIpc) is 3.20. The smallest absolute Gasteiger partial charge is 0.117 e. The molecule has 1 aliphatic carbocycles. The molecular formula is C24H32FN3. The SMILES string of the molecule is C=C1C(CCN)=C2CCCC2=C(N2CCC(CF)CC2)N1c1ccccc1C. The number of nitrogens with zero attached hydrogens (tertiary/aromatic N) is 2. The van der Waals surface area contributed by atoms with Crippen molar-refractivity contribution in [1.29, 1.82) is 0 Å². The molecule has 1 saturated heterocycles. The Hall–Kier alpha value is -2.07. The van der Waals surface area contributed by atoms with Gasteiger partial charge in [0.2, 0.25) is 0 Å². The van der Waals surface area contributed by atoms with Crippen molar-refractivity contribution >= 4 is 5.69 Å². The average molecular weight is 382 g/mol. The van der Waals surface area contributed by atoms with Gasteiger partial charge in [0.1, 0.15) is 5.82 Å². The van der Waals surface area contributed by atoms with E-state index < -0.39 is 0 Å². The second-order valence-corrected chi connectivity index (χ2v) is 8.30. The molecule has 2 aliphatic heterocycles. The Kier molecular flexibility index (Phi) is 5.58. The first-order chi connectivity index (χ1) is 13.7. The fraction of sp³-hybridized carbons (Fsp3) is 0.500. The van der Waals surface area contributed by atoms with E-state index in [0.29, 0.717) is 6.54 Å². The van der Waals surface area contributed by atoms with Crippen LogP contribution in [0.1, 0.15) is 44.1 Å². The number of hydrogen-bond donors (Lipinski definition) is 1. The van der Waals surface area contributed by atoms with Crippen LogP contribution in [0.5, 0.6) is 0 Å². The molecule has 0 atom stereocenters. The van der Waals surface area contributed by atoms with Crippen molar-refractivity contribution in [2.45, 2.75) is 45.4 Å². The van der Waals surface area contributed by atoms with Gasteiger partial charge in [-0.15, -0.1) is 0 Å². The maximum absolute atomic E-state index is 13.2. The molecule has 1 aromatic carbocycles. The minimum absolute atomic E-state index is 0.195. The number of aryl methyl sites for hydroxylation is 1. The molecular weight excluding hydrogens is 349 g/mol. The molecule has 4 heteroatoms. The van der Waals surface area contributed by atoms with E-state index in [0.717, 1.165) is 50.9 Å². The molecule has 0 radical (unpaired) electrons. The van der Waals surface area contributed by atoms with Gasteiger partial charge in [0.05, 0.1) is 12.4 Å². The van der Waals surface area contributed by atoms with Crippen molar-refractivity contribution in [3.8, 4) is 0 Å². The molecule has 0 aromatic heterocycles. The zero-order valence-electron chi connectivity index (χ0n) is 17.0. The zero-order chi connectivity index (χ0) is 19.7. The van der Waals surface area contributed by atoms with Crippen molar-refractivity contribution in [1.82, 2.24) is 4.90 Å². The van der Waals surface area contributed by atoms with Crippen LogP contribution in [0.2, 0.25) is 0 Å². The molecule has 2 fully saturated rings. The number of hydrogen-bond acceptors (Lipinski definition) is 3. The Bertz CT molecular complexity index is 815. The van der Waals surface area contributed by atoms with Crippen molar-refractivity contribution in [2.75, 3.05) is 31.2 Å². The van der Waals surface area contributed by atoms with Crippen LogP contribution in [-0.4, -0.2) is 31.2 Å². The number of fused-ring (bicyclic) bond motifs is 1. The quantitative estimate of drug-likeness (QED) is 0.774. The molecule has 0 bridgehead atoms. The highest BCUT2D eigenvalue weighted by molar-refractivity contribution is 5.71. The number of rotatable bonds is 5. The van der Waals surface area contributed by atoms with Gasteiger partial charge >= 0.3 is 0 Å². The van der Waals surface area contributed by atoms with Gasteiger partial charge in [-0.2, -0.15) is 0 Å². The lowest BCUT2D eigenvalue weighted by Gasteiger charge is -2.45.